The number of ether oxygens (including phenoxy) is 1. The first-order valence-corrected chi connectivity index (χ1v) is 10.6. The van der Waals surface area contributed by atoms with E-state index in [1.54, 1.807) is 0 Å². The van der Waals surface area contributed by atoms with E-state index < -0.39 is 0 Å². The molecule has 1 aliphatic carbocycles. The second kappa shape index (κ2) is 9.12. The Kier molecular flexibility index (Phi) is 6.13. The van der Waals surface area contributed by atoms with Gasteiger partial charge in [-0.2, -0.15) is 0 Å². The highest BCUT2D eigenvalue weighted by atomic mass is 16.5. The highest BCUT2D eigenvalue weighted by Crippen LogP contribution is 2.28. The zero-order valence-corrected chi connectivity index (χ0v) is 17.1. The Morgan fingerprint density at radius 3 is 2.76 bits per heavy atom. The maximum absolute atomic E-state index is 11.9. The van der Waals surface area contributed by atoms with Crippen molar-refractivity contribution in [3.63, 3.8) is 0 Å². The minimum absolute atomic E-state index is 0.195. The number of imidazole rings is 1. The number of carbonyl (C=O) groups excluding carboxylic acids is 1. The summed E-state index contributed by atoms with van der Waals surface area (Å²) in [5.41, 5.74) is 3.35. The van der Waals surface area contributed by atoms with Crippen molar-refractivity contribution >= 4 is 16.9 Å². The Bertz CT molecular complexity index is 975. The number of hydrogen-bond acceptors (Lipinski definition) is 3. The summed E-state index contributed by atoms with van der Waals surface area (Å²) < 4.78 is 8.22. The number of carbonyl (C=O) groups is 1. The Morgan fingerprint density at radius 1 is 1.14 bits per heavy atom. The number of nitrogens with zero attached hydrogens (tertiary/aromatic N) is 2. The molecule has 0 unspecified atom stereocenters. The molecule has 0 saturated heterocycles. The van der Waals surface area contributed by atoms with E-state index in [9.17, 15) is 4.79 Å². The predicted octanol–water partition coefficient (Wildman–Crippen LogP) is 4.27. The average molecular weight is 392 g/mol. The van der Waals surface area contributed by atoms with Crippen LogP contribution in [0.2, 0.25) is 0 Å². The third kappa shape index (κ3) is 4.97. The van der Waals surface area contributed by atoms with Crippen LogP contribution in [0, 0.1) is 12.8 Å². The first-order chi connectivity index (χ1) is 14.2. The largest absolute Gasteiger partial charge is 0.493 e. The molecule has 1 N–H and O–H groups in total. The lowest BCUT2D eigenvalue weighted by Crippen LogP contribution is -2.27. The molecule has 0 radical (unpaired) electrons. The number of para-hydroxylation sites is 3. The average Bonchev–Trinajstić information content (AvgIpc) is 3.52. The van der Waals surface area contributed by atoms with E-state index in [1.165, 1.54) is 5.56 Å². The molecule has 1 fully saturated rings. The highest BCUT2D eigenvalue weighted by Gasteiger charge is 2.29. The molecule has 4 rings (SSSR count). The Morgan fingerprint density at radius 2 is 1.93 bits per heavy atom. The molecule has 1 aromatic heterocycles. The summed E-state index contributed by atoms with van der Waals surface area (Å²) in [5, 5.41) is 3.05. The van der Waals surface area contributed by atoms with Gasteiger partial charge in [-0.15, -0.1) is 0 Å². The number of rotatable bonds is 10. The van der Waals surface area contributed by atoms with Crippen LogP contribution in [0.3, 0.4) is 0 Å². The number of amides is 1. The van der Waals surface area contributed by atoms with Crippen LogP contribution in [0.25, 0.3) is 11.0 Å². The fourth-order valence-corrected chi connectivity index (χ4v) is 3.63. The lowest BCUT2D eigenvalue weighted by Gasteiger charge is -2.11. The fraction of sp³-hybridized carbons (Fsp3) is 0.417. The third-order valence-electron chi connectivity index (χ3n) is 5.46. The van der Waals surface area contributed by atoms with Gasteiger partial charge in [-0.05, 0) is 56.4 Å². The van der Waals surface area contributed by atoms with Crippen molar-refractivity contribution in [3.8, 4) is 5.75 Å². The minimum Gasteiger partial charge on any atom is -0.493 e. The Hall–Kier alpha value is -2.82. The molecule has 3 aromatic rings. The minimum atomic E-state index is 0.195. The zero-order chi connectivity index (χ0) is 20.1. The van der Waals surface area contributed by atoms with Crippen LogP contribution in [-0.4, -0.2) is 28.6 Å². The van der Waals surface area contributed by atoms with Crippen molar-refractivity contribution in [1.82, 2.24) is 14.9 Å². The van der Waals surface area contributed by atoms with Crippen molar-refractivity contribution in [2.24, 2.45) is 5.92 Å². The maximum Gasteiger partial charge on any atom is 0.223 e. The second-order valence-corrected chi connectivity index (χ2v) is 7.80. The number of unbranched alkanes of at least 4 members (excludes halogenated alkanes) is 1. The summed E-state index contributed by atoms with van der Waals surface area (Å²) in [6, 6.07) is 16.4. The molecule has 152 valence electrons. The molecular weight excluding hydrogens is 362 g/mol. The van der Waals surface area contributed by atoms with Crippen molar-refractivity contribution in [2.45, 2.75) is 45.6 Å². The second-order valence-electron chi connectivity index (χ2n) is 7.80. The zero-order valence-electron chi connectivity index (χ0n) is 17.1. The van der Waals surface area contributed by atoms with Gasteiger partial charge in [0.2, 0.25) is 5.91 Å². The predicted molar refractivity (Wildman–Crippen MR) is 115 cm³/mol. The van der Waals surface area contributed by atoms with Gasteiger partial charge in [0.1, 0.15) is 11.6 Å². The summed E-state index contributed by atoms with van der Waals surface area (Å²) >= 11 is 0. The first kappa shape index (κ1) is 19.5. The van der Waals surface area contributed by atoms with Gasteiger partial charge >= 0.3 is 0 Å². The van der Waals surface area contributed by atoms with E-state index in [0.717, 1.165) is 61.3 Å². The van der Waals surface area contributed by atoms with Crippen LogP contribution < -0.4 is 10.1 Å². The Balaban J connectivity index is 1.32. The number of aryl methyl sites for hydroxylation is 2. The standard InChI is InChI=1S/C24H29N3O2/c1-18-8-2-5-11-22(18)29-17-7-6-16-27-21-10-4-3-9-20(21)26-23(27)14-15-25-24(28)19-12-13-19/h2-5,8-11,19H,6-7,12-17H2,1H3,(H,25,28). The van der Waals surface area contributed by atoms with E-state index >= 15 is 0 Å². The van der Waals surface area contributed by atoms with Crippen LogP contribution in [0.4, 0.5) is 0 Å². The number of benzene rings is 2. The van der Waals surface area contributed by atoms with Crippen molar-refractivity contribution in [3.05, 3.63) is 59.9 Å². The number of aromatic nitrogens is 2. The topological polar surface area (TPSA) is 56.1 Å². The van der Waals surface area contributed by atoms with Crippen LogP contribution >= 0.6 is 0 Å². The van der Waals surface area contributed by atoms with Gasteiger partial charge in [0, 0.05) is 25.4 Å². The van der Waals surface area contributed by atoms with Crippen LogP contribution in [0.15, 0.2) is 48.5 Å². The first-order valence-electron chi connectivity index (χ1n) is 10.6. The summed E-state index contributed by atoms with van der Waals surface area (Å²) in [5.74, 6) is 2.46. The summed E-state index contributed by atoms with van der Waals surface area (Å²) in [4.78, 5) is 16.7. The van der Waals surface area contributed by atoms with Gasteiger partial charge < -0.3 is 14.6 Å². The van der Waals surface area contributed by atoms with Crippen molar-refractivity contribution < 1.29 is 9.53 Å². The number of fused-ring (bicyclic) bond motifs is 1. The monoisotopic (exact) mass is 391 g/mol. The molecule has 1 heterocycles. The molecule has 1 aliphatic rings. The van der Waals surface area contributed by atoms with E-state index in [-0.39, 0.29) is 11.8 Å². The van der Waals surface area contributed by atoms with Crippen LogP contribution in [-0.2, 0) is 17.8 Å². The summed E-state index contributed by atoms with van der Waals surface area (Å²) in [6.07, 6.45) is 4.84. The maximum atomic E-state index is 11.9. The Labute approximate surface area is 172 Å². The van der Waals surface area contributed by atoms with E-state index in [0.29, 0.717) is 13.2 Å². The van der Waals surface area contributed by atoms with Crippen molar-refractivity contribution in [1.29, 1.82) is 0 Å². The molecule has 29 heavy (non-hydrogen) atoms. The molecule has 1 amide bonds. The quantitative estimate of drug-likeness (QED) is 0.525. The SMILES string of the molecule is Cc1ccccc1OCCCCn1c(CCNC(=O)C2CC2)nc2ccccc21. The van der Waals surface area contributed by atoms with E-state index in [1.807, 2.05) is 24.3 Å². The fourth-order valence-electron chi connectivity index (χ4n) is 3.63. The molecule has 0 aliphatic heterocycles. The lowest BCUT2D eigenvalue weighted by atomic mass is 10.2. The highest BCUT2D eigenvalue weighted by molar-refractivity contribution is 5.80. The summed E-state index contributed by atoms with van der Waals surface area (Å²) in [7, 11) is 0. The van der Waals surface area contributed by atoms with Gasteiger partial charge in [-0.3, -0.25) is 4.79 Å². The van der Waals surface area contributed by atoms with Gasteiger partial charge in [0.25, 0.3) is 0 Å². The molecule has 1 saturated carbocycles. The van der Waals surface area contributed by atoms with Crippen LogP contribution in [0.5, 0.6) is 5.75 Å². The molecule has 5 nitrogen and oxygen atoms in total. The molecule has 0 spiro atoms. The number of nitrogens with one attached hydrogen (secondary N) is 1. The van der Waals surface area contributed by atoms with Gasteiger partial charge in [0.05, 0.1) is 17.6 Å². The normalized spacial score (nSPS) is 13.6. The van der Waals surface area contributed by atoms with E-state index in [2.05, 4.69) is 41.1 Å². The van der Waals surface area contributed by atoms with Crippen molar-refractivity contribution in [2.75, 3.05) is 13.2 Å². The number of hydrogen-bond donors (Lipinski definition) is 1. The van der Waals surface area contributed by atoms with Gasteiger partial charge in [-0.1, -0.05) is 30.3 Å². The smallest absolute Gasteiger partial charge is 0.223 e. The molecular formula is C24H29N3O2. The van der Waals surface area contributed by atoms with Crippen LogP contribution in [0.1, 0.15) is 37.1 Å². The van der Waals surface area contributed by atoms with E-state index in [4.69, 9.17) is 9.72 Å². The van der Waals surface area contributed by atoms with Gasteiger partial charge in [-0.25, -0.2) is 4.98 Å². The molecule has 2 aromatic carbocycles. The lowest BCUT2D eigenvalue weighted by molar-refractivity contribution is -0.122. The van der Waals surface area contributed by atoms with Gasteiger partial charge in [0.15, 0.2) is 0 Å². The third-order valence-corrected chi connectivity index (χ3v) is 5.46. The summed E-state index contributed by atoms with van der Waals surface area (Å²) in [6.45, 7) is 4.34. The molecule has 0 bridgehead atoms. The molecule has 5 heteroatoms. The molecule has 0 atom stereocenters.